The lowest BCUT2D eigenvalue weighted by atomic mass is 10.2. The molecule has 132 valence electrons. The third kappa shape index (κ3) is 3.43. The van der Waals surface area contributed by atoms with E-state index in [0.29, 0.717) is 0 Å². The van der Waals surface area contributed by atoms with Crippen molar-refractivity contribution in [3.05, 3.63) is 47.4 Å². The van der Waals surface area contributed by atoms with Crippen LogP contribution in [-0.4, -0.2) is 54.8 Å². The Labute approximate surface area is 147 Å². The lowest BCUT2D eigenvalue weighted by molar-refractivity contribution is -0.0408. The molecule has 0 saturated carbocycles. The summed E-state index contributed by atoms with van der Waals surface area (Å²) in [6, 6.07) is 4.15. The Hall–Kier alpha value is -2.25. The number of rotatable bonds is 4. The third-order valence-electron chi connectivity index (χ3n) is 4.68. The number of hydrogen-bond donors (Lipinski definition) is 0. The molecule has 1 atom stereocenters. The van der Waals surface area contributed by atoms with Crippen LogP contribution in [0.3, 0.4) is 0 Å². The molecule has 1 aliphatic heterocycles. The fourth-order valence-electron chi connectivity index (χ4n) is 3.47. The second kappa shape index (κ2) is 6.57. The van der Waals surface area contributed by atoms with Gasteiger partial charge in [0.2, 0.25) is 0 Å². The smallest absolute Gasteiger partial charge is 0.147 e. The maximum atomic E-state index is 5.94. The topological polar surface area (TPSA) is 60.5 Å². The molecule has 0 spiro atoms. The van der Waals surface area contributed by atoms with Crippen molar-refractivity contribution in [2.45, 2.75) is 40.0 Å². The Kier molecular flexibility index (Phi) is 4.27. The third-order valence-corrected chi connectivity index (χ3v) is 4.68. The van der Waals surface area contributed by atoms with Gasteiger partial charge in [-0.3, -0.25) is 4.90 Å². The number of morpholine rings is 1. The molecule has 3 aromatic rings. The van der Waals surface area contributed by atoms with Crippen LogP contribution in [-0.2, 0) is 17.8 Å². The second-order valence-electron chi connectivity index (χ2n) is 6.77. The number of imidazole rings is 1. The highest BCUT2D eigenvalue weighted by atomic mass is 16.5. The van der Waals surface area contributed by atoms with Crippen LogP contribution in [0.5, 0.6) is 0 Å². The highest BCUT2D eigenvalue weighted by Crippen LogP contribution is 2.14. The molecule has 1 unspecified atom stereocenters. The predicted octanol–water partition coefficient (Wildman–Crippen LogP) is 1.75. The van der Waals surface area contributed by atoms with Gasteiger partial charge in [-0.25, -0.2) is 14.6 Å². The highest BCUT2D eigenvalue weighted by Gasteiger charge is 2.22. The molecule has 4 heterocycles. The first kappa shape index (κ1) is 16.2. The van der Waals surface area contributed by atoms with Gasteiger partial charge in [-0.05, 0) is 32.4 Å². The van der Waals surface area contributed by atoms with Crippen LogP contribution in [0.15, 0.2) is 24.5 Å². The first-order chi connectivity index (χ1) is 12.1. The number of nitrogens with zero attached hydrogens (tertiary/aromatic N) is 6. The number of aryl methyl sites for hydroxylation is 3. The van der Waals surface area contributed by atoms with Crippen molar-refractivity contribution in [1.82, 2.24) is 29.0 Å². The number of aromatic nitrogens is 5. The molecule has 7 nitrogen and oxygen atoms in total. The zero-order valence-electron chi connectivity index (χ0n) is 15.0. The molecule has 1 fully saturated rings. The molecular formula is C18H24N6O. The maximum Gasteiger partial charge on any atom is 0.147 e. The normalized spacial score (nSPS) is 18.9. The van der Waals surface area contributed by atoms with Gasteiger partial charge in [0.25, 0.3) is 0 Å². The second-order valence-corrected chi connectivity index (χ2v) is 6.77. The van der Waals surface area contributed by atoms with Crippen molar-refractivity contribution in [2.24, 2.45) is 0 Å². The maximum absolute atomic E-state index is 5.94. The fraction of sp³-hybridized carbons (Fsp3) is 0.500. The quantitative estimate of drug-likeness (QED) is 0.724. The van der Waals surface area contributed by atoms with Crippen LogP contribution in [0, 0.1) is 20.8 Å². The summed E-state index contributed by atoms with van der Waals surface area (Å²) in [5.74, 6) is 1.75. The first-order valence-electron chi connectivity index (χ1n) is 8.74. The van der Waals surface area contributed by atoms with Crippen LogP contribution in [0.2, 0.25) is 0 Å². The predicted molar refractivity (Wildman–Crippen MR) is 94.4 cm³/mol. The average molecular weight is 340 g/mol. The van der Waals surface area contributed by atoms with Gasteiger partial charge in [-0.1, -0.05) is 6.07 Å². The molecule has 0 aliphatic carbocycles. The van der Waals surface area contributed by atoms with Gasteiger partial charge in [0.15, 0.2) is 0 Å². The molecule has 3 aromatic heterocycles. The van der Waals surface area contributed by atoms with E-state index in [9.17, 15) is 0 Å². The molecule has 7 heteroatoms. The Morgan fingerprint density at radius 3 is 2.88 bits per heavy atom. The molecule has 1 aliphatic rings. The summed E-state index contributed by atoms with van der Waals surface area (Å²) in [7, 11) is 0. The minimum atomic E-state index is 0.132. The molecule has 0 N–H and O–H groups in total. The minimum Gasteiger partial charge on any atom is -0.374 e. The summed E-state index contributed by atoms with van der Waals surface area (Å²) < 4.78 is 9.98. The minimum absolute atomic E-state index is 0.132. The summed E-state index contributed by atoms with van der Waals surface area (Å²) in [5.41, 5.74) is 3.34. The van der Waals surface area contributed by atoms with E-state index < -0.39 is 0 Å². The number of ether oxygens (including phenoxy) is 1. The molecule has 0 amide bonds. The summed E-state index contributed by atoms with van der Waals surface area (Å²) in [6.07, 6.45) is 4.31. The molecule has 0 aromatic carbocycles. The van der Waals surface area contributed by atoms with E-state index >= 15 is 0 Å². The van der Waals surface area contributed by atoms with Gasteiger partial charge in [-0.2, -0.15) is 5.10 Å². The molecule has 0 bridgehead atoms. The van der Waals surface area contributed by atoms with Gasteiger partial charge in [0.1, 0.15) is 17.3 Å². The van der Waals surface area contributed by atoms with E-state index in [1.165, 1.54) is 5.56 Å². The fourth-order valence-corrected chi connectivity index (χ4v) is 3.47. The standard InChI is InChI=1S/C18H24N6O/c1-13-5-4-6-23-10-16(20-18(13)23)9-22-7-8-25-17(11-22)12-24-15(3)19-14(2)21-24/h4-6,10,17H,7-9,11-12H2,1-3H3. The van der Waals surface area contributed by atoms with E-state index in [-0.39, 0.29) is 6.10 Å². The van der Waals surface area contributed by atoms with Crippen molar-refractivity contribution in [3.8, 4) is 0 Å². The highest BCUT2D eigenvalue weighted by molar-refractivity contribution is 5.47. The Balaban J connectivity index is 1.43. The van der Waals surface area contributed by atoms with Crippen molar-refractivity contribution < 1.29 is 4.74 Å². The van der Waals surface area contributed by atoms with Crippen molar-refractivity contribution >= 4 is 5.65 Å². The summed E-state index contributed by atoms with van der Waals surface area (Å²) in [6.45, 7) is 10.1. The van der Waals surface area contributed by atoms with E-state index in [1.807, 2.05) is 18.5 Å². The summed E-state index contributed by atoms with van der Waals surface area (Å²) in [5, 5.41) is 4.44. The van der Waals surface area contributed by atoms with Gasteiger partial charge in [0.05, 0.1) is 24.9 Å². The molecule has 0 radical (unpaired) electrons. The van der Waals surface area contributed by atoms with Gasteiger partial charge in [-0.15, -0.1) is 0 Å². The SMILES string of the molecule is Cc1nc(C)n(CC2CN(Cc3cn4cccc(C)c4n3)CCO2)n1. The van der Waals surface area contributed by atoms with Crippen molar-refractivity contribution in [1.29, 1.82) is 0 Å². The number of pyridine rings is 1. The largest absolute Gasteiger partial charge is 0.374 e. The molecule has 25 heavy (non-hydrogen) atoms. The van der Waals surface area contributed by atoms with Gasteiger partial charge in [0, 0.05) is 32.0 Å². The molecular weight excluding hydrogens is 316 g/mol. The van der Waals surface area contributed by atoms with Crippen LogP contribution in [0.1, 0.15) is 22.9 Å². The lowest BCUT2D eigenvalue weighted by Gasteiger charge is -2.32. The zero-order chi connectivity index (χ0) is 17.4. The van der Waals surface area contributed by atoms with Crippen LogP contribution in [0.4, 0.5) is 0 Å². The zero-order valence-corrected chi connectivity index (χ0v) is 15.0. The Bertz CT molecular complexity index is 883. The summed E-state index contributed by atoms with van der Waals surface area (Å²) in [4.78, 5) is 11.6. The lowest BCUT2D eigenvalue weighted by Crippen LogP contribution is -2.44. The number of fused-ring (bicyclic) bond motifs is 1. The van der Waals surface area contributed by atoms with Crippen LogP contribution < -0.4 is 0 Å². The van der Waals surface area contributed by atoms with E-state index in [2.05, 4.69) is 50.8 Å². The Morgan fingerprint density at radius 2 is 2.12 bits per heavy atom. The van der Waals surface area contributed by atoms with Crippen molar-refractivity contribution in [3.63, 3.8) is 0 Å². The Morgan fingerprint density at radius 1 is 1.24 bits per heavy atom. The van der Waals surface area contributed by atoms with E-state index in [0.717, 1.165) is 55.8 Å². The van der Waals surface area contributed by atoms with Gasteiger partial charge < -0.3 is 9.14 Å². The molecule has 1 saturated heterocycles. The monoisotopic (exact) mass is 340 g/mol. The first-order valence-corrected chi connectivity index (χ1v) is 8.74. The van der Waals surface area contributed by atoms with Gasteiger partial charge >= 0.3 is 0 Å². The molecule has 4 rings (SSSR count). The van der Waals surface area contributed by atoms with Crippen LogP contribution in [0.25, 0.3) is 5.65 Å². The van der Waals surface area contributed by atoms with Crippen LogP contribution >= 0.6 is 0 Å². The summed E-state index contributed by atoms with van der Waals surface area (Å²) >= 11 is 0. The van der Waals surface area contributed by atoms with Crippen molar-refractivity contribution in [2.75, 3.05) is 19.7 Å². The number of hydrogen-bond acceptors (Lipinski definition) is 5. The average Bonchev–Trinajstić information content (AvgIpc) is 3.11. The van der Waals surface area contributed by atoms with E-state index in [4.69, 9.17) is 9.72 Å². The van der Waals surface area contributed by atoms with E-state index in [1.54, 1.807) is 0 Å².